The van der Waals surface area contributed by atoms with Crippen LogP contribution >= 0.6 is 0 Å². The van der Waals surface area contributed by atoms with Crippen LogP contribution in [-0.4, -0.2) is 16.9 Å². The van der Waals surface area contributed by atoms with Crippen molar-refractivity contribution in [3.63, 3.8) is 0 Å². The van der Waals surface area contributed by atoms with Crippen LogP contribution in [0.4, 0.5) is 0 Å². The maximum absolute atomic E-state index is 11.4. The summed E-state index contributed by atoms with van der Waals surface area (Å²) < 4.78 is 1.96. The van der Waals surface area contributed by atoms with Crippen molar-refractivity contribution in [2.24, 2.45) is 11.7 Å². The highest BCUT2D eigenvalue weighted by Gasteiger charge is 2.28. The Morgan fingerprint density at radius 2 is 2.55 bits per heavy atom. The average Bonchev–Trinajstić information content (AvgIpc) is 2.53. The van der Waals surface area contributed by atoms with E-state index in [1.807, 2.05) is 22.9 Å². The highest BCUT2D eigenvalue weighted by atomic mass is 16.1. The second-order valence-electron chi connectivity index (χ2n) is 2.84. The predicted molar refractivity (Wildman–Crippen MR) is 41.3 cm³/mol. The Kier molecular flexibility index (Phi) is 1.32. The third kappa shape index (κ3) is 0.811. The maximum Gasteiger partial charge on any atom is 0.185 e. The Morgan fingerprint density at radius 1 is 1.73 bits per heavy atom. The predicted octanol–water partition coefficient (Wildman–Crippen LogP) is 0.259. The summed E-state index contributed by atoms with van der Waals surface area (Å²) in [5.74, 6) is 0.212. The van der Waals surface area contributed by atoms with Gasteiger partial charge in [-0.05, 0) is 12.1 Å². The van der Waals surface area contributed by atoms with Crippen LogP contribution in [0.3, 0.4) is 0 Å². The topological polar surface area (TPSA) is 48.0 Å². The first-order chi connectivity index (χ1) is 5.33. The van der Waals surface area contributed by atoms with Crippen molar-refractivity contribution in [3.8, 4) is 0 Å². The van der Waals surface area contributed by atoms with Crippen molar-refractivity contribution < 1.29 is 4.79 Å². The van der Waals surface area contributed by atoms with Gasteiger partial charge in [0.05, 0.1) is 11.6 Å². The summed E-state index contributed by atoms with van der Waals surface area (Å²) >= 11 is 0. The molecule has 0 aliphatic carbocycles. The molecule has 0 radical (unpaired) electrons. The first-order valence-corrected chi connectivity index (χ1v) is 3.72. The number of nitrogens with two attached hydrogens (primary N) is 1. The van der Waals surface area contributed by atoms with Crippen LogP contribution in [-0.2, 0) is 6.54 Å². The van der Waals surface area contributed by atoms with Gasteiger partial charge >= 0.3 is 0 Å². The zero-order valence-electron chi connectivity index (χ0n) is 6.16. The van der Waals surface area contributed by atoms with E-state index in [9.17, 15) is 4.79 Å². The quantitative estimate of drug-likeness (QED) is 0.624. The molecule has 1 unspecified atom stereocenters. The summed E-state index contributed by atoms with van der Waals surface area (Å²) in [6.07, 6.45) is 1.92. The second kappa shape index (κ2) is 2.20. The lowest BCUT2D eigenvalue weighted by Gasteiger charge is -2.00. The molecule has 0 spiro atoms. The molecule has 1 aromatic rings. The molecule has 2 N–H and O–H groups in total. The Bertz CT molecular complexity index is 290. The van der Waals surface area contributed by atoms with Gasteiger partial charge in [-0.3, -0.25) is 4.79 Å². The third-order valence-electron chi connectivity index (χ3n) is 2.15. The standard InChI is InChI=1S/C8H10N2O/c9-4-6-5-10-3-1-2-7(10)8(6)11/h1-3,6H,4-5,9H2. The van der Waals surface area contributed by atoms with E-state index in [2.05, 4.69) is 0 Å². The van der Waals surface area contributed by atoms with Crippen molar-refractivity contribution in [3.05, 3.63) is 24.0 Å². The average molecular weight is 150 g/mol. The van der Waals surface area contributed by atoms with Gasteiger partial charge in [0.15, 0.2) is 5.78 Å². The minimum absolute atomic E-state index is 0.0196. The van der Waals surface area contributed by atoms with Crippen LogP contribution in [0, 0.1) is 5.92 Å². The molecule has 1 aromatic heterocycles. The second-order valence-corrected chi connectivity index (χ2v) is 2.84. The van der Waals surface area contributed by atoms with Crippen LogP contribution < -0.4 is 5.73 Å². The summed E-state index contributed by atoms with van der Waals surface area (Å²) in [7, 11) is 0. The Labute approximate surface area is 64.8 Å². The zero-order chi connectivity index (χ0) is 7.84. The van der Waals surface area contributed by atoms with Crippen molar-refractivity contribution in [1.29, 1.82) is 0 Å². The molecule has 58 valence electrons. The van der Waals surface area contributed by atoms with E-state index in [0.29, 0.717) is 6.54 Å². The highest BCUT2D eigenvalue weighted by Crippen LogP contribution is 2.19. The normalized spacial score (nSPS) is 22.3. The van der Waals surface area contributed by atoms with Gasteiger partial charge in [0, 0.05) is 19.3 Å². The fraction of sp³-hybridized carbons (Fsp3) is 0.375. The van der Waals surface area contributed by atoms with Gasteiger partial charge in [-0.2, -0.15) is 0 Å². The van der Waals surface area contributed by atoms with Crippen LogP contribution in [0.2, 0.25) is 0 Å². The zero-order valence-corrected chi connectivity index (χ0v) is 6.16. The maximum atomic E-state index is 11.4. The van der Waals surface area contributed by atoms with E-state index in [-0.39, 0.29) is 11.7 Å². The van der Waals surface area contributed by atoms with Crippen LogP contribution in [0.25, 0.3) is 0 Å². The minimum atomic E-state index is 0.0196. The van der Waals surface area contributed by atoms with Gasteiger partial charge in [0.2, 0.25) is 0 Å². The van der Waals surface area contributed by atoms with Gasteiger partial charge < -0.3 is 10.3 Å². The number of hydrogen-bond acceptors (Lipinski definition) is 2. The lowest BCUT2D eigenvalue weighted by atomic mass is 10.1. The summed E-state index contributed by atoms with van der Waals surface area (Å²) in [6, 6.07) is 3.73. The summed E-state index contributed by atoms with van der Waals surface area (Å²) in [5.41, 5.74) is 6.23. The number of carbonyl (C=O) groups is 1. The van der Waals surface area contributed by atoms with Crippen LogP contribution in [0.5, 0.6) is 0 Å². The van der Waals surface area contributed by atoms with E-state index in [4.69, 9.17) is 5.73 Å². The van der Waals surface area contributed by atoms with Gasteiger partial charge in [-0.15, -0.1) is 0 Å². The number of rotatable bonds is 1. The molecule has 0 saturated heterocycles. The van der Waals surface area contributed by atoms with Gasteiger partial charge in [-0.1, -0.05) is 0 Å². The molecule has 11 heavy (non-hydrogen) atoms. The molecule has 1 aliphatic heterocycles. The van der Waals surface area contributed by atoms with E-state index in [1.165, 1.54) is 0 Å². The molecule has 3 nitrogen and oxygen atoms in total. The smallest absolute Gasteiger partial charge is 0.185 e. The van der Waals surface area contributed by atoms with Gasteiger partial charge in [-0.25, -0.2) is 0 Å². The fourth-order valence-electron chi connectivity index (χ4n) is 1.51. The Morgan fingerprint density at radius 3 is 3.18 bits per heavy atom. The largest absolute Gasteiger partial charge is 0.344 e. The fourth-order valence-corrected chi connectivity index (χ4v) is 1.51. The van der Waals surface area contributed by atoms with E-state index >= 15 is 0 Å². The molecular formula is C8H10N2O. The minimum Gasteiger partial charge on any atom is -0.344 e. The van der Waals surface area contributed by atoms with E-state index in [1.54, 1.807) is 0 Å². The number of carbonyl (C=O) groups excluding carboxylic acids is 1. The van der Waals surface area contributed by atoms with Crippen molar-refractivity contribution in [2.75, 3.05) is 6.54 Å². The summed E-state index contributed by atoms with van der Waals surface area (Å²) in [6.45, 7) is 1.22. The lowest BCUT2D eigenvalue weighted by molar-refractivity contribution is 0.0941. The number of ketones is 1. The molecular weight excluding hydrogens is 140 g/mol. The number of Topliss-reactive ketones (excluding diaryl/α,β-unsaturated/α-hetero) is 1. The number of aromatic nitrogens is 1. The Balaban J connectivity index is 2.37. The molecule has 0 bridgehead atoms. The molecule has 0 fully saturated rings. The molecule has 1 aliphatic rings. The number of fused-ring (bicyclic) bond motifs is 1. The van der Waals surface area contributed by atoms with Crippen molar-refractivity contribution in [1.82, 2.24) is 4.57 Å². The van der Waals surface area contributed by atoms with Gasteiger partial charge in [0.1, 0.15) is 0 Å². The first-order valence-electron chi connectivity index (χ1n) is 3.72. The summed E-state index contributed by atoms with van der Waals surface area (Å²) in [5, 5.41) is 0. The summed E-state index contributed by atoms with van der Waals surface area (Å²) in [4.78, 5) is 11.4. The molecule has 2 rings (SSSR count). The number of nitrogens with zero attached hydrogens (tertiary/aromatic N) is 1. The lowest BCUT2D eigenvalue weighted by Crippen LogP contribution is -2.20. The van der Waals surface area contributed by atoms with Crippen molar-refractivity contribution in [2.45, 2.75) is 6.54 Å². The SMILES string of the molecule is NCC1Cn2cccc2C1=O. The highest BCUT2D eigenvalue weighted by molar-refractivity contribution is 5.98. The Hall–Kier alpha value is -1.09. The first kappa shape index (κ1) is 6.61. The molecule has 0 amide bonds. The molecule has 0 aromatic carbocycles. The molecule has 3 heteroatoms. The monoisotopic (exact) mass is 150 g/mol. The van der Waals surface area contributed by atoms with Gasteiger partial charge in [0.25, 0.3) is 0 Å². The molecule has 0 saturated carbocycles. The van der Waals surface area contributed by atoms with Crippen molar-refractivity contribution >= 4 is 5.78 Å². The number of hydrogen-bond donors (Lipinski definition) is 1. The molecule has 1 atom stereocenters. The third-order valence-corrected chi connectivity index (χ3v) is 2.15. The van der Waals surface area contributed by atoms with Crippen LogP contribution in [0.15, 0.2) is 18.3 Å². The van der Waals surface area contributed by atoms with Crippen LogP contribution in [0.1, 0.15) is 10.5 Å². The van der Waals surface area contributed by atoms with E-state index in [0.717, 1.165) is 12.2 Å². The molecule has 2 heterocycles. The van der Waals surface area contributed by atoms with E-state index < -0.39 is 0 Å².